The van der Waals surface area contributed by atoms with E-state index in [9.17, 15) is 4.79 Å². The molecule has 1 aliphatic carbocycles. The second-order valence-corrected chi connectivity index (χ2v) is 6.86. The van der Waals surface area contributed by atoms with Gasteiger partial charge in [0, 0.05) is 17.1 Å². The summed E-state index contributed by atoms with van der Waals surface area (Å²) in [6.45, 7) is 0. The Labute approximate surface area is 127 Å². The average Bonchev–Trinajstić information content (AvgIpc) is 2.97. The van der Waals surface area contributed by atoms with Gasteiger partial charge < -0.3 is 0 Å². The summed E-state index contributed by atoms with van der Waals surface area (Å²) in [5.41, 5.74) is 2.35. The van der Waals surface area contributed by atoms with Gasteiger partial charge in [-0.2, -0.15) is 5.10 Å². The van der Waals surface area contributed by atoms with E-state index >= 15 is 0 Å². The molecule has 2 aromatic rings. The Morgan fingerprint density at radius 1 is 1.30 bits per heavy atom. The molecule has 1 fully saturated rings. The first kappa shape index (κ1) is 13.8. The predicted molar refractivity (Wildman–Crippen MR) is 82.7 cm³/mol. The zero-order valence-corrected chi connectivity index (χ0v) is 12.8. The predicted octanol–water partition coefficient (Wildman–Crippen LogP) is 4.97. The van der Waals surface area contributed by atoms with Crippen LogP contribution in [0.4, 0.5) is 0 Å². The SMILES string of the molecule is O=Cc1cn(C2CCCCCC2)nc1-c1csc(Cl)c1. The zero-order valence-electron chi connectivity index (χ0n) is 11.2. The summed E-state index contributed by atoms with van der Waals surface area (Å²) in [5.74, 6) is 0. The Bertz CT molecular complexity index is 597. The van der Waals surface area contributed by atoms with Crippen molar-refractivity contribution < 1.29 is 4.79 Å². The van der Waals surface area contributed by atoms with Crippen molar-refractivity contribution in [2.45, 2.75) is 44.6 Å². The molecule has 0 atom stereocenters. The van der Waals surface area contributed by atoms with Crippen molar-refractivity contribution in [3.05, 3.63) is 27.5 Å². The first-order valence-electron chi connectivity index (χ1n) is 7.06. The van der Waals surface area contributed by atoms with E-state index in [4.69, 9.17) is 11.6 Å². The van der Waals surface area contributed by atoms with E-state index in [1.165, 1.54) is 37.0 Å². The zero-order chi connectivity index (χ0) is 13.9. The van der Waals surface area contributed by atoms with Crippen LogP contribution < -0.4 is 0 Å². The van der Waals surface area contributed by atoms with Gasteiger partial charge >= 0.3 is 0 Å². The fraction of sp³-hybridized carbons (Fsp3) is 0.467. The molecule has 0 saturated heterocycles. The molecule has 0 aromatic carbocycles. The summed E-state index contributed by atoms with van der Waals surface area (Å²) in [6, 6.07) is 2.30. The van der Waals surface area contributed by atoms with Crippen LogP contribution in [0.15, 0.2) is 17.6 Å². The van der Waals surface area contributed by atoms with Crippen molar-refractivity contribution in [3.63, 3.8) is 0 Å². The molecule has 3 nitrogen and oxygen atoms in total. The number of hydrogen-bond donors (Lipinski definition) is 0. The normalized spacial score (nSPS) is 17.1. The maximum atomic E-state index is 11.3. The second kappa shape index (κ2) is 6.10. The van der Waals surface area contributed by atoms with Gasteiger partial charge in [0.05, 0.1) is 15.9 Å². The summed E-state index contributed by atoms with van der Waals surface area (Å²) >= 11 is 7.45. The van der Waals surface area contributed by atoms with Gasteiger partial charge in [-0.3, -0.25) is 9.48 Å². The summed E-state index contributed by atoms with van der Waals surface area (Å²) in [4.78, 5) is 11.3. The Kier molecular flexibility index (Phi) is 4.22. The number of hydrogen-bond acceptors (Lipinski definition) is 3. The molecule has 1 aliphatic rings. The van der Waals surface area contributed by atoms with Gasteiger partial charge in [0.2, 0.25) is 0 Å². The number of carbonyl (C=O) groups excluding carboxylic acids is 1. The van der Waals surface area contributed by atoms with Crippen molar-refractivity contribution in [1.29, 1.82) is 0 Å². The minimum atomic E-state index is 0.430. The van der Waals surface area contributed by atoms with Gasteiger partial charge in [-0.05, 0) is 18.9 Å². The second-order valence-electron chi connectivity index (χ2n) is 5.32. The topological polar surface area (TPSA) is 34.9 Å². The Hall–Kier alpha value is -1.13. The van der Waals surface area contributed by atoms with Crippen LogP contribution in [0.3, 0.4) is 0 Å². The average molecular weight is 309 g/mol. The molecule has 3 rings (SSSR count). The molecule has 0 amide bonds. The molecule has 0 spiro atoms. The van der Waals surface area contributed by atoms with E-state index in [0.717, 1.165) is 34.7 Å². The maximum absolute atomic E-state index is 11.3. The van der Waals surface area contributed by atoms with Crippen LogP contribution in [0.25, 0.3) is 11.3 Å². The molecular weight excluding hydrogens is 292 g/mol. The van der Waals surface area contributed by atoms with E-state index in [-0.39, 0.29) is 0 Å². The Morgan fingerprint density at radius 3 is 2.65 bits per heavy atom. The van der Waals surface area contributed by atoms with Crippen LogP contribution in [-0.2, 0) is 0 Å². The molecule has 1 saturated carbocycles. The number of carbonyl (C=O) groups is 1. The summed E-state index contributed by atoms with van der Waals surface area (Å²) in [7, 11) is 0. The smallest absolute Gasteiger partial charge is 0.153 e. The quantitative estimate of drug-likeness (QED) is 0.592. The Morgan fingerprint density at radius 2 is 2.05 bits per heavy atom. The third-order valence-corrected chi connectivity index (χ3v) is 5.02. The van der Waals surface area contributed by atoms with Gasteiger partial charge in [-0.25, -0.2) is 0 Å². The molecule has 0 N–H and O–H groups in total. The highest BCUT2D eigenvalue weighted by atomic mass is 35.5. The number of aromatic nitrogens is 2. The van der Waals surface area contributed by atoms with Gasteiger partial charge in [-0.1, -0.05) is 37.3 Å². The highest BCUT2D eigenvalue weighted by Gasteiger charge is 2.19. The van der Waals surface area contributed by atoms with Crippen LogP contribution >= 0.6 is 22.9 Å². The first-order valence-corrected chi connectivity index (χ1v) is 8.32. The van der Waals surface area contributed by atoms with Crippen LogP contribution in [0.2, 0.25) is 4.34 Å². The third-order valence-electron chi connectivity index (χ3n) is 3.93. The lowest BCUT2D eigenvalue weighted by molar-refractivity contribution is 0.112. The first-order chi connectivity index (χ1) is 9.78. The van der Waals surface area contributed by atoms with Crippen molar-refractivity contribution in [2.24, 2.45) is 0 Å². The number of rotatable bonds is 3. The monoisotopic (exact) mass is 308 g/mol. The van der Waals surface area contributed by atoms with Crippen molar-refractivity contribution in [1.82, 2.24) is 9.78 Å². The number of aldehydes is 1. The third kappa shape index (κ3) is 2.81. The van der Waals surface area contributed by atoms with E-state index in [2.05, 4.69) is 5.10 Å². The lowest BCUT2D eigenvalue weighted by atomic mass is 10.1. The van der Waals surface area contributed by atoms with E-state index in [0.29, 0.717) is 11.6 Å². The molecule has 2 heterocycles. The lowest BCUT2D eigenvalue weighted by Crippen LogP contribution is -2.08. The van der Waals surface area contributed by atoms with E-state index in [1.54, 1.807) is 0 Å². The maximum Gasteiger partial charge on any atom is 0.153 e. The Balaban J connectivity index is 1.93. The standard InChI is InChI=1S/C15H17ClN2OS/c16-14-7-11(10-20-14)15-12(9-19)8-18(17-15)13-5-3-1-2-4-6-13/h7-10,13H,1-6H2. The minimum absolute atomic E-state index is 0.430. The minimum Gasteiger partial charge on any atom is -0.298 e. The molecule has 0 radical (unpaired) electrons. The largest absolute Gasteiger partial charge is 0.298 e. The van der Waals surface area contributed by atoms with Crippen LogP contribution in [0.5, 0.6) is 0 Å². The van der Waals surface area contributed by atoms with Crippen molar-refractivity contribution in [2.75, 3.05) is 0 Å². The molecule has 0 bridgehead atoms. The van der Waals surface area contributed by atoms with Gasteiger partial charge in [0.1, 0.15) is 5.69 Å². The van der Waals surface area contributed by atoms with Crippen molar-refractivity contribution >= 4 is 29.2 Å². The van der Waals surface area contributed by atoms with E-state index in [1.807, 2.05) is 22.3 Å². The summed E-state index contributed by atoms with van der Waals surface area (Å²) in [6.07, 6.45) is 10.2. The molecular formula is C15H17ClN2OS. The molecule has 0 unspecified atom stereocenters. The van der Waals surface area contributed by atoms with Gasteiger partial charge in [0.15, 0.2) is 6.29 Å². The molecule has 0 aliphatic heterocycles. The molecule has 2 aromatic heterocycles. The fourth-order valence-electron chi connectivity index (χ4n) is 2.86. The summed E-state index contributed by atoms with van der Waals surface area (Å²) < 4.78 is 2.72. The van der Waals surface area contributed by atoms with Crippen molar-refractivity contribution in [3.8, 4) is 11.3 Å². The van der Waals surface area contributed by atoms with Crippen LogP contribution in [0, 0.1) is 0 Å². The highest BCUT2D eigenvalue weighted by Crippen LogP contribution is 2.32. The number of halogens is 1. The van der Waals surface area contributed by atoms with Gasteiger partial charge in [0.25, 0.3) is 0 Å². The number of nitrogens with zero attached hydrogens (tertiary/aromatic N) is 2. The fourth-order valence-corrected chi connectivity index (χ4v) is 3.73. The van der Waals surface area contributed by atoms with Crippen LogP contribution in [0.1, 0.15) is 54.9 Å². The molecule has 106 valence electrons. The molecule has 20 heavy (non-hydrogen) atoms. The van der Waals surface area contributed by atoms with Gasteiger partial charge in [-0.15, -0.1) is 11.3 Å². The summed E-state index contributed by atoms with van der Waals surface area (Å²) in [5, 5.41) is 6.62. The lowest BCUT2D eigenvalue weighted by Gasteiger charge is -2.14. The molecule has 5 heteroatoms. The highest BCUT2D eigenvalue weighted by molar-refractivity contribution is 7.14. The van der Waals surface area contributed by atoms with E-state index < -0.39 is 0 Å². The van der Waals surface area contributed by atoms with Crippen LogP contribution in [-0.4, -0.2) is 16.1 Å². The number of thiophene rings is 1.